The zero-order valence-electron chi connectivity index (χ0n) is 15.9. The number of ether oxygens (including phenoxy) is 4. The maximum absolute atomic E-state index is 12.4. The molecule has 1 heterocycles. The SMILES string of the molecule is COC(=O)/C(=C\c1cc(OC)c(OC)c(OC)c1)c1nc2ccccc2[nH]1.[Cl-]. The van der Waals surface area contributed by atoms with E-state index in [2.05, 4.69) is 9.97 Å². The Hall–Kier alpha value is -3.19. The minimum Gasteiger partial charge on any atom is -1.00 e. The van der Waals surface area contributed by atoms with Crippen molar-refractivity contribution >= 4 is 28.7 Å². The summed E-state index contributed by atoms with van der Waals surface area (Å²) < 4.78 is 21.0. The molecule has 28 heavy (non-hydrogen) atoms. The van der Waals surface area contributed by atoms with E-state index in [0.29, 0.717) is 28.6 Å². The van der Waals surface area contributed by atoms with E-state index in [1.165, 1.54) is 28.4 Å². The smallest absolute Gasteiger partial charge is 0.341 e. The van der Waals surface area contributed by atoms with Gasteiger partial charge in [-0.25, -0.2) is 9.78 Å². The normalized spacial score (nSPS) is 10.9. The molecule has 1 N–H and O–H groups in total. The molecule has 3 rings (SSSR count). The first-order valence-corrected chi connectivity index (χ1v) is 8.16. The van der Waals surface area contributed by atoms with Gasteiger partial charge >= 0.3 is 5.97 Å². The van der Waals surface area contributed by atoms with Gasteiger partial charge in [0.1, 0.15) is 11.4 Å². The number of H-pyrrole nitrogens is 1. The molecule has 0 bridgehead atoms. The number of halogens is 1. The quantitative estimate of drug-likeness (QED) is 0.471. The summed E-state index contributed by atoms with van der Waals surface area (Å²) in [5.41, 5.74) is 2.53. The molecule has 1 aromatic heterocycles. The Morgan fingerprint density at radius 1 is 1.00 bits per heavy atom. The summed E-state index contributed by atoms with van der Waals surface area (Å²) in [6, 6.07) is 11.0. The van der Waals surface area contributed by atoms with Crippen LogP contribution in [0.2, 0.25) is 0 Å². The first kappa shape index (κ1) is 21.1. The molecule has 0 aliphatic heterocycles. The summed E-state index contributed by atoms with van der Waals surface area (Å²) in [5.74, 6) is 1.34. The van der Waals surface area contributed by atoms with Crippen molar-refractivity contribution in [1.29, 1.82) is 0 Å². The molecule has 0 aliphatic rings. The van der Waals surface area contributed by atoms with E-state index in [0.717, 1.165) is 11.0 Å². The van der Waals surface area contributed by atoms with Crippen LogP contribution in [0.4, 0.5) is 0 Å². The number of nitrogens with zero attached hydrogens (tertiary/aromatic N) is 1. The lowest BCUT2D eigenvalue weighted by molar-refractivity contribution is -0.133. The largest absolute Gasteiger partial charge is 1.00 e. The summed E-state index contributed by atoms with van der Waals surface area (Å²) in [7, 11) is 5.93. The Morgan fingerprint density at radius 2 is 1.64 bits per heavy atom. The van der Waals surface area contributed by atoms with Gasteiger partial charge in [-0.1, -0.05) is 12.1 Å². The number of fused-ring (bicyclic) bond motifs is 1. The number of esters is 1. The van der Waals surface area contributed by atoms with E-state index in [1.54, 1.807) is 18.2 Å². The number of nitrogens with one attached hydrogen (secondary N) is 1. The zero-order chi connectivity index (χ0) is 19.4. The second-order valence-electron chi connectivity index (χ2n) is 5.61. The molecule has 0 saturated heterocycles. The van der Waals surface area contributed by atoms with Gasteiger partial charge in [-0.3, -0.25) is 0 Å². The lowest BCUT2D eigenvalue weighted by atomic mass is 10.1. The van der Waals surface area contributed by atoms with E-state index in [-0.39, 0.29) is 18.0 Å². The predicted octanol–water partition coefficient (Wildman–Crippen LogP) is 0.306. The van der Waals surface area contributed by atoms with E-state index < -0.39 is 5.97 Å². The number of imidazole rings is 1. The molecule has 8 heteroatoms. The second-order valence-corrected chi connectivity index (χ2v) is 5.61. The van der Waals surface area contributed by atoms with Gasteiger partial charge in [0, 0.05) is 0 Å². The molecule has 0 radical (unpaired) electrons. The Labute approximate surface area is 168 Å². The van der Waals surface area contributed by atoms with Crippen LogP contribution >= 0.6 is 0 Å². The number of hydrogen-bond acceptors (Lipinski definition) is 6. The third-order valence-electron chi connectivity index (χ3n) is 4.05. The van der Waals surface area contributed by atoms with Crippen LogP contribution in [0.5, 0.6) is 17.2 Å². The number of benzene rings is 2. The summed E-state index contributed by atoms with van der Waals surface area (Å²) >= 11 is 0. The molecule has 0 amide bonds. The highest BCUT2D eigenvalue weighted by Gasteiger charge is 2.19. The number of aromatic amines is 1. The van der Waals surface area contributed by atoms with Crippen LogP contribution in [0.25, 0.3) is 22.7 Å². The Bertz CT molecular complexity index is 955. The Balaban J connectivity index is 0.00000280. The predicted molar refractivity (Wildman–Crippen MR) is 102 cm³/mol. The number of rotatable bonds is 6. The van der Waals surface area contributed by atoms with Crippen LogP contribution in [0, 0.1) is 0 Å². The number of hydrogen-bond donors (Lipinski definition) is 1. The fourth-order valence-electron chi connectivity index (χ4n) is 2.77. The van der Waals surface area contributed by atoms with Crippen molar-refractivity contribution in [2.75, 3.05) is 28.4 Å². The Kier molecular flexibility index (Phi) is 6.89. The van der Waals surface area contributed by atoms with E-state index in [1.807, 2.05) is 24.3 Å². The molecule has 2 aromatic carbocycles. The summed E-state index contributed by atoms with van der Waals surface area (Å²) in [4.78, 5) is 20.0. The summed E-state index contributed by atoms with van der Waals surface area (Å²) in [6.45, 7) is 0. The van der Waals surface area contributed by atoms with Crippen molar-refractivity contribution in [3.05, 3.63) is 47.8 Å². The van der Waals surface area contributed by atoms with Crippen LogP contribution < -0.4 is 26.6 Å². The lowest BCUT2D eigenvalue weighted by Crippen LogP contribution is -3.00. The molecule has 148 valence electrons. The van der Waals surface area contributed by atoms with Gasteiger partial charge in [0.25, 0.3) is 0 Å². The van der Waals surface area contributed by atoms with Crippen molar-refractivity contribution in [2.45, 2.75) is 0 Å². The fraction of sp³-hybridized carbons (Fsp3) is 0.200. The van der Waals surface area contributed by atoms with Crippen LogP contribution in [-0.2, 0) is 9.53 Å². The monoisotopic (exact) mass is 403 g/mol. The zero-order valence-corrected chi connectivity index (χ0v) is 16.7. The van der Waals surface area contributed by atoms with Crippen molar-refractivity contribution in [3.63, 3.8) is 0 Å². The molecule has 3 aromatic rings. The topological polar surface area (TPSA) is 82.7 Å². The molecular weight excluding hydrogens is 384 g/mol. The number of methoxy groups -OCH3 is 4. The minimum atomic E-state index is -0.511. The van der Waals surface area contributed by atoms with Gasteiger partial charge in [-0.05, 0) is 35.9 Å². The number of carbonyl (C=O) groups is 1. The van der Waals surface area contributed by atoms with E-state index in [4.69, 9.17) is 18.9 Å². The van der Waals surface area contributed by atoms with Crippen molar-refractivity contribution in [3.8, 4) is 17.2 Å². The molecule has 7 nitrogen and oxygen atoms in total. The Morgan fingerprint density at radius 3 is 2.18 bits per heavy atom. The molecule has 0 atom stereocenters. The minimum absolute atomic E-state index is 0. The highest BCUT2D eigenvalue weighted by Crippen LogP contribution is 2.39. The highest BCUT2D eigenvalue weighted by atomic mass is 35.5. The van der Waals surface area contributed by atoms with Gasteiger partial charge in [0.15, 0.2) is 11.5 Å². The van der Waals surface area contributed by atoms with Crippen molar-refractivity contribution < 1.29 is 36.1 Å². The third-order valence-corrected chi connectivity index (χ3v) is 4.05. The second kappa shape index (κ2) is 9.14. The third kappa shape index (κ3) is 4.04. The number of aromatic nitrogens is 2. The van der Waals surface area contributed by atoms with Crippen molar-refractivity contribution in [1.82, 2.24) is 9.97 Å². The van der Waals surface area contributed by atoms with Crippen LogP contribution in [-0.4, -0.2) is 44.4 Å². The van der Waals surface area contributed by atoms with E-state index >= 15 is 0 Å². The lowest BCUT2D eigenvalue weighted by Gasteiger charge is -2.13. The molecule has 0 saturated carbocycles. The number of para-hydroxylation sites is 2. The van der Waals surface area contributed by atoms with Gasteiger partial charge in [-0.15, -0.1) is 0 Å². The molecular formula is C20H20ClN2O5-. The van der Waals surface area contributed by atoms with Crippen molar-refractivity contribution in [2.24, 2.45) is 0 Å². The van der Waals surface area contributed by atoms with Crippen LogP contribution in [0.15, 0.2) is 36.4 Å². The van der Waals surface area contributed by atoms with Gasteiger partial charge < -0.3 is 36.3 Å². The highest BCUT2D eigenvalue weighted by molar-refractivity contribution is 6.21. The van der Waals surface area contributed by atoms with Gasteiger partial charge in [-0.2, -0.15) is 0 Å². The first-order valence-electron chi connectivity index (χ1n) is 8.16. The maximum atomic E-state index is 12.4. The van der Waals surface area contributed by atoms with Crippen LogP contribution in [0.3, 0.4) is 0 Å². The van der Waals surface area contributed by atoms with Gasteiger partial charge in [0.2, 0.25) is 5.75 Å². The average molecular weight is 404 g/mol. The molecule has 0 fully saturated rings. The number of carbonyl (C=O) groups excluding carboxylic acids is 1. The fourth-order valence-corrected chi connectivity index (χ4v) is 2.77. The maximum Gasteiger partial charge on any atom is 0.341 e. The van der Waals surface area contributed by atoms with Gasteiger partial charge in [0.05, 0.1) is 39.5 Å². The van der Waals surface area contributed by atoms with Crippen LogP contribution in [0.1, 0.15) is 11.4 Å². The summed E-state index contributed by atoms with van der Waals surface area (Å²) in [5, 5.41) is 0. The molecule has 0 spiro atoms. The molecule has 0 unspecified atom stereocenters. The van der Waals surface area contributed by atoms with E-state index in [9.17, 15) is 4.79 Å². The standard InChI is InChI=1S/C20H20N2O5.ClH/c1-24-16-10-12(11-17(25-2)18(16)26-3)9-13(20(23)27-4)19-21-14-7-5-6-8-15(14)22-19;/h5-11H,1-4H3,(H,21,22);1H/p-1/b13-9-;. The molecule has 0 aliphatic carbocycles. The summed E-state index contributed by atoms with van der Waals surface area (Å²) in [6.07, 6.45) is 1.66. The first-order chi connectivity index (χ1) is 13.1. The average Bonchev–Trinajstić information content (AvgIpc) is 3.14.